The average molecular weight is 289 g/mol. The zero-order valence-electron chi connectivity index (χ0n) is 11.5. The molecule has 3 aliphatic heterocycles. The molecule has 0 aromatic carbocycles. The number of nitrogens with zero attached hydrogens (tertiary/aromatic N) is 1. The van der Waals surface area contributed by atoms with E-state index in [2.05, 4.69) is 10.2 Å². The lowest BCUT2D eigenvalue weighted by molar-refractivity contribution is -0.133. The molecule has 0 bridgehead atoms. The SMILES string of the molecule is Cl.O=C(C1CCCCN1)N1CCC2(CCOCC2)C1. The van der Waals surface area contributed by atoms with Crippen molar-refractivity contribution >= 4 is 18.3 Å². The van der Waals surface area contributed by atoms with Crippen LogP contribution in [0.5, 0.6) is 0 Å². The standard InChI is InChI=1S/C14H24N2O2.ClH/c17-13(12-3-1-2-7-15-12)16-8-4-14(11-16)5-9-18-10-6-14;/h12,15H,1-11H2;1H. The normalized spacial score (nSPS) is 30.1. The predicted molar refractivity (Wildman–Crippen MR) is 76.6 cm³/mol. The second kappa shape index (κ2) is 6.42. The summed E-state index contributed by atoms with van der Waals surface area (Å²) in [6.45, 7) is 4.68. The van der Waals surface area contributed by atoms with Crippen LogP contribution in [0.15, 0.2) is 0 Å². The molecular weight excluding hydrogens is 264 g/mol. The van der Waals surface area contributed by atoms with Crippen LogP contribution in [0.1, 0.15) is 38.5 Å². The Morgan fingerprint density at radius 1 is 1.21 bits per heavy atom. The summed E-state index contributed by atoms with van der Waals surface area (Å²) in [4.78, 5) is 14.6. The summed E-state index contributed by atoms with van der Waals surface area (Å²) < 4.78 is 5.45. The number of hydrogen-bond donors (Lipinski definition) is 1. The van der Waals surface area contributed by atoms with Gasteiger partial charge < -0.3 is 15.0 Å². The van der Waals surface area contributed by atoms with Crippen molar-refractivity contribution in [1.82, 2.24) is 10.2 Å². The highest BCUT2D eigenvalue weighted by molar-refractivity contribution is 5.85. The monoisotopic (exact) mass is 288 g/mol. The Bertz CT molecular complexity index is 313. The predicted octanol–water partition coefficient (Wildman–Crippen LogP) is 1.58. The molecule has 3 rings (SSSR count). The highest BCUT2D eigenvalue weighted by Crippen LogP contribution is 2.39. The van der Waals surface area contributed by atoms with E-state index in [0.29, 0.717) is 11.3 Å². The van der Waals surface area contributed by atoms with Crippen LogP contribution in [0.25, 0.3) is 0 Å². The zero-order chi connectivity index (χ0) is 12.4. The van der Waals surface area contributed by atoms with Crippen molar-refractivity contribution in [3.8, 4) is 0 Å². The van der Waals surface area contributed by atoms with E-state index in [9.17, 15) is 4.79 Å². The minimum absolute atomic E-state index is 0. The Labute approximate surface area is 121 Å². The Hall–Kier alpha value is -0.320. The molecule has 0 aliphatic carbocycles. The van der Waals surface area contributed by atoms with E-state index in [1.165, 1.54) is 19.3 Å². The molecule has 1 amide bonds. The van der Waals surface area contributed by atoms with Crippen molar-refractivity contribution in [2.24, 2.45) is 5.41 Å². The van der Waals surface area contributed by atoms with Crippen LogP contribution in [-0.2, 0) is 9.53 Å². The maximum atomic E-state index is 12.5. The fraction of sp³-hybridized carbons (Fsp3) is 0.929. The van der Waals surface area contributed by atoms with Crippen LogP contribution in [0, 0.1) is 5.41 Å². The molecule has 3 aliphatic rings. The molecule has 19 heavy (non-hydrogen) atoms. The van der Waals surface area contributed by atoms with E-state index in [1.807, 2.05) is 0 Å². The number of hydrogen-bond acceptors (Lipinski definition) is 3. The summed E-state index contributed by atoms with van der Waals surface area (Å²) in [7, 11) is 0. The number of carbonyl (C=O) groups excluding carboxylic acids is 1. The van der Waals surface area contributed by atoms with Crippen LogP contribution in [0.2, 0.25) is 0 Å². The number of carbonyl (C=O) groups is 1. The van der Waals surface area contributed by atoms with E-state index in [1.54, 1.807) is 0 Å². The highest BCUT2D eigenvalue weighted by Gasteiger charge is 2.42. The minimum Gasteiger partial charge on any atom is -0.381 e. The van der Waals surface area contributed by atoms with Gasteiger partial charge in [-0.15, -0.1) is 12.4 Å². The zero-order valence-corrected chi connectivity index (χ0v) is 12.3. The molecule has 0 saturated carbocycles. The topological polar surface area (TPSA) is 41.6 Å². The van der Waals surface area contributed by atoms with Crippen molar-refractivity contribution in [2.75, 3.05) is 32.8 Å². The molecule has 1 unspecified atom stereocenters. The fourth-order valence-corrected chi connectivity index (χ4v) is 3.62. The van der Waals surface area contributed by atoms with Gasteiger partial charge in [-0.05, 0) is 44.1 Å². The number of halogens is 1. The fourth-order valence-electron chi connectivity index (χ4n) is 3.62. The van der Waals surface area contributed by atoms with Gasteiger partial charge in [0.1, 0.15) is 0 Å². The third kappa shape index (κ3) is 3.23. The Kier molecular flexibility index (Phi) is 5.09. The molecule has 4 nitrogen and oxygen atoms in total. The van der Waals surface area contributed by atoms with Gasteiger partial charge in [-0.2, -0.15) is 0 Å². The third-order valence-corrected chi connectivity index (χ3v) is 4.91. The Balaban J connectivity index is 0.00000133. The Morgan fingerprint density at radius 2 is 2.00 bits per heavy atom. The summed E-state index contributed by atoms with van der Waals surface area (Å²) in [5.41, 5.74) is 0.378. The van der Waals surface area contributed by atoms with E-state index in [-0.39, 0.29) is 18.4 Å². The smallest absolute Gasteiger partial charge is 0.239 e. The molecule has 110 valence electrons. The maximum absolute atomic E-state index is 12.5. The van der Waals surface area contributed by atoms with E-state index in [0.717, 1.165) is 52.1 Å². The number of likely N-dealkylation sites (tertiary alicyclic amines) is 1. The number of ether oxygens (including phenoxy) is 1. The molecule has 0 aromatic heterocycles. The van der Waals surface area contributed by atoms with Gasteiger partial charge in [0.25, 0.3) is 0 Å². The second-order valence-corrected chi connectivity index (χ2v) is 6.12. The molecule has 1 atom stereocenters. The summed E-state index contributed by atoms with van der Waals surface area (Å²) in [6.07, 6.45) is 6.87. The van der Waals surface area contributed by atoms with Crippen molar-refractivity contribution in [3.05, 3.63) is 0 Å². The van der Waals surface area contributed by atoms with Gasteiger partial charge in [-0.1, -0.05) is 6.42 Å². The first-order chi connectivity index (χ1) is 8.79. The summed E-state index contributed by atoms with van der Waals surface area (Å²) in [5, 5.41) is 3.37. The van der Waals surface area contributed by atoms with Crippen molar-refractivity contribution in [1.29, 1.82) is 0 Å². The number of piperidine rings is 1. The lowest BCUT2D eigenvalue weighted by atomic mass is 9.80. The second-order valence-electron chi connectivity index (χ2n) is 6.12. The van der Waals surface area contributed by atoms with E-state index < -0.39 is 0 Å². The molecule has 3 saturated heterocycles. The van der Waals surface area contributed by atoms with Gasteiger partial charge in [0, 0.05) is 26.3 Å². The van der Waals surface area contributed by atoms with Crippen molar-refractivity contribution in [3.63, 3.8) is 0 Å². The van der Waals surface area contributed by atoms with Crippen LogP contribution >= 0.6 is 12.4 Å². The third-order valence-electron chi connectivity index (χ3n) is 4.91. The first-order valence-corrected chi connectivity index (χ1v) is 7.39. The Morgan fingerprint density at radius 3 is 2.68 bits per heavy atom. The molecule has 0 radical (unpaired) electrons. The number of nitrogens with one attached hydrogen (secondary N) is 1. The van der Waals surface area contributed by atoms with Gasteiger partial charge in [0.2, 0.25) is 5.91 Å². The number of rotatable bonds is 1. The molecule has 1 spiro atoms. The van der Waals surface area contributed by atoms with Crippen LogP contribution in [-0.4, -0.2) is 49.7 Å². The number of amides is 1. The summed E-state index contributed by atoms with van der Waals surface area (Å²) in [6, 6.07) is 0.0914. The van der Waals surface area contributed by atoms with Gasteiger partial charge in [-0.25, -0.2) is 0 Å². The molecule has 1 N–H and O–H groups in total. The highest BCUT2D eigenvalue weighted by atomic mass is 35.5. The summed E-state index contributed by atoms with van der Waals surface area (Å²) >= 11 is 0. The summed E-state index contributed by atoms with van der Waals surface area (Å²) in [5.74, 6) is 0.345. The lowest BCUT2D eigenvalue weighted by Crippen LogP contribution is -2.48. The van der Waals surface area contributed by atoms with E-state index in [4.69, 9.17) is 4.74 Å². The first kappa shape index (κ1) is 15.1. The van der Waals surface area contributed by atoms with Gasteiger partial charge in [0.15, 0.2) is 0 Å². The largest absolute Gasteiger partial charge is 0.381 e. The molecular formula is C14H25ClN2O2. The molecule has 3 fully saturated rings. The van der Waals surface area contributed by atoms with Gasteiger partial charge in [-0.3, -0.25) is 4.79 Å². The van der Waals surface area contributed by atoms with Crippen LogP contribution < -0.4 is 5.32 Å². The lowest BCUT2D eigenvalue weighted by Gasteiger charge is -2.34. The van der Waals surface area contributed by atoms with Gasteiger partial charge in [0.05, 0.1) is 6.04 Å². The van der Waals surface area contributed by atoms with Crippen molar-refractivity contribution < 1.29 is 9.53 Å². The quantitative estimate of drug-likeness (QED) is 0.796. The van der Waals surface area contributed by atoms with E-state index >= 15 is 0 Å². The van der Waals surface area contributed by atoms with Crippen molar-refractivity contribution in [2.45, 2.75) is 44.6 Å². The average Bonchev–Trinajstić information content (AvgIpc) is 2.83. The molecule has 0 aromatic rings. The van der Waals surface area contributed by atoms with Gasteiger partial charge >= 0.3 is 0 Å². The molecule has 3 heterocycles. The van der Waals surface area contributed by atoms with Crippen LogP contribution in [0.3, 0.4) is 0 Å². The minimum atomic E-state index is 0. The first-order valence-electron chi connectivity index (χ1n) is 7.39. The maximum Gasteiger partial charge on any atom is 0.239 e. The van der Waals surface area contributed by atoms with Crippen LogP contribution in [0.4, 0.5) is 0 Å². The molecule has 5 heteroatoms.